The number of anilines is 1. The summed E-state index contributed by atoms with van der Waals surface area (Å²) in [6.45, 7) is 7.16. The number of benzene rings is 1. The number of carbonyl (C=O) groups excluding carboxylic acids is 1. The Bertz CT molecular complexity index is 912. The average Bonchev–Trinajstić information content (AvgIpc) is 2.92. The highest BCUT2D eigenvalue weighted by Gasteiger charge is 2.57. The summed E-state index contributed by atoms with van der Waals surface area (Å²) >= 11 is 0. The highest BCUT2D eigenvalue weighted by Crippen LogP contribution is 2.49. The van der Waals surface area contributed by atoms with Crippen LogP contribution in [0.3, 0.4) is 0 Å². The van der Waals surface area contributed by atoms with Crippen LogP contribution in [0.1, 0.15) is 65.2 Å². The zero-order valence-corrected chi connectivity index (χ0v) is 21.5. The molecule has 8 heteroatoms. The van der Waals surface area contributed by atoms with Gasteiger partial charge >= 0.3 is 0 Å². The molecule has 5 rings (SSSR count). The lowest BCUT2D eigenvalue weighted by Gasteiger charge is -2.51. The Morgan fingerprint density at radius 1 is 0.972 bits per heavy atom. The molecule has 198 valence electrons. The Kier molecular flexibility index (Phi) is 7.67. The van der Waals surface area contributed by atoms with E-state index in [1.807, 2.05) is 4.90 Å². The van der Waals surface area contributed by atoms with Crippen LogP contribution in [0.2, 0.25) is 0 Å². The zero-order valence-electron chi connectivity index (χ0n) is 21.5. The van der Waals surface area contributed by atoms with E-state index in [9.17, 15) is 9.18 Å². The smallest absolute Gasteiger partial charge is 0.243 e. The Balaban J connectivity index is 1.09. The van der Waals surface area contributed by atoms with Crippen molar-refractivity contribution in [1.82, 2.24) is 4.90 Å². The molecule has 2 aliphatic heterocycles. The standard InChI is InChI=1S/C28H39FN2O5/c1-3-22-6-5-7-23(4-2)28(22)35-33-27(34-36-28)14-12-21(13-15-27)20-26(32)31-18-16-30(17-19-31)25-10-8-24(29)9-11-25/h5-6,8-11,21-23H,3-4,7,12-20H2,1-2H3. The van der Waals surface area contributed by atoms with Crippen molar-refractivity contribution in [3.63, 3.8) is 0 Å². The van der Waals surface area contributed by atoms with Gasteiger partial charge in [-0.3, -0.25) is 4.79 Å². The van der Waals surface area contributed by atoms with Gasteiger partial charge in [-0.25, -0.2) is 4.39 Å². The van der Waals surface area contributed by atoms with Gasteiger partial charge in [-0.2, -0.15) is 19.6 Å². The first-order valence-electron chi connectivity index (χ1n) is 13.7. The number of rotatable bonds is 5. The van der Waals surface area contributed by atoms with Crippen molar-refractivity contribution in [2.24, 2.45) is 17.8 Å². The van der Waals surface area contributed by atoms with Gasteiger partial charge in [-0.05, 0) is 62.3 Å². The lowest BCUT2D eigenvalue weighted by Crippen LogP contribution is -2.59. The minimum atomic E-state index is -0.886. The van der Waals surface area contributed by atoms with Crippen molar-refractivity contribution in [1.29, 1.82) is 0 Å². The third kappa shape index (κ3) is 5.05. The normalized spacial score (nSPS) is 34.9. The predicted molar refractivity (Wildman–Crippen MR) is 133 cm³/mol. The van der Waals surface area contributed by atoms with Crippen LogP contribution in [-0.2, 0) is 24.3 Å². The molecule has 0 aromatic heterocycles. The summed E-state index contributed by atoms with van der Waals surface area (Å²) < 4.78 is 13.2. The van der Waals surface area contributed by atoms with E-state index in [1.165, 1.54) is 12.1 Å². The van der Waals surface area contributed by atoms with Gasteiger partial charge in [-0.15, -0.1) is 0 Å². The van der Waals surface area contributed by atoms with Crippen LogP contribution in [0.4, 0.5) is 10.1 Å². The molecular formula is C28H39FN2O5. The van der Waals surface area contributed by atoms with Crippen LogP contribution in [0.25, 0.3) is 0 Å². The molecule has 36 heavy (non-hydrogen) atoms. The molecule has 3 fully saturated rings. The molecule has 1 saturated carbocycles. The predicted octanol–water partition coefficient (Wildman–Crippen LogP) is 5.37. The van der Waals surface area contributed by atoms with E-state index < -0.39 is 11.6 Å². The Labute approximate surface area is 213 Å². The SMILES string of the molecule is CCC1C=CCC(CC)C12OOC1(CCC(CC(=O)N3CCN(c4ccc(F)cc4)CC3)CC1)OO2. The molecule has 1 aromatic carbocycles. The van der Waals surface area contributed by atoms with Crippen LogP contribution in [-0.4, -0.2) is 48.6 Å². The molecule has 2 unspecified atom stereocenters. The molecule has 1 aromatic rings. The summed E-state index contributed by atoms with van der Waals surface area (Å²) in [6.07, 6.45) is 10.5. The van der Waals surface area contributed by atoms with Gasteiger partial charge in [0.1, 0.15) is 5.82 Å². The molecule has 2 spiro atoms. The fourth-order valence-electron chi connectivity index (χ4n) is 6.18. The quantitative estimate of drug-likeness (QED) is 0.399. The maximum Gasteiger partial charge on any atom is 0.243 e. The Morgan fingerprint density at radius 3 is 2.25 bits per heavy atom. The zero-order chi connectivity index (χ0) is 25.2. The molecule has 7 nitrogen and oxygen atoms in total. The number of hydrogen-bond acceptors (Lipinski definition) is 6. The van der Waals surface area contributed by atoms with Gasteiger partial charge in [0.2, 0.25) is 17.5 Å². The van der Waals surface area contributed by atoms with Crippen LogP contribution in [0.15, 0.2) is 36.4 Å². The molecule has 4 aliphatic rings. The molecule has 2 atom stereocenters. The van der Waals surface area contributed by atoms with E-state index in [0.29, 0.717) is 38.3 Å². The van der Waals surface area contributed by atoms with E-state index in [0.717, 1.165) is 50.9 Å². The second-order valence-corrected chi connectivity index (χ2v) is 10.7. The van der Waals surface area contributed by atoms with Crippen molar-refractivity contribution in [2.75, 3.05) is 31.1 Å². The third-order valence-electron chi connectivity index (χ3n) is 8.61. The summed E-state index contributed by atoms with van der Waals surface area (Å²) in [5, 5.41) is 0. The molecule has 2 aliphatic carbocycles. The first-order valence-corrected chi connectivity index (χ1v) is 13.7. The second-order valence-electron chi connectivity index (χ2n) is 10.7. The minimum absolute atomic E-state index is 0.0889. The number of hydrogen-bond donors (Lipinski definition) is 0. The monoisotopic (exact) mass is 502 g/mol. The summed E-state index contributed by atoms with van der Waals surface area (Å²) in [5.41, 5.74) is 1.000. The maximum absolute atomic E-state index is 13.2. The number of piperazine rings is 1. The van der Waals surface area contributed by atoms with Crippen LogP contribution in [0.5, 0.6) is 0 Å². The molecule has 2 saturated heterocycles. The number of carbonyl (C=O) groups is 1. The van der Waals surface area contributed by atoms with Crippen LogP contribution < -0.4 is 4.90 Å². The van der Waals surface area contributed by atoms with Crippen molar-refractivity contribution in [3.05, 3.63) is 42.2 Å². The van der Waals surface area contributed by atoms with E-state index in [1.54, 1.807) is 12.1 Å². The number of allylic oxidation sites excluding steroid dienone is 1. The maximum atomic E-state index is 13.2. The molecule has 0 N–H and O–H groups in total. The van der Waals surface area contributed by atoms with Crippen molar-refractivity contribution in [3.8, 4) is 0 Å². The van der Waals surface area contributed by atoms with Crippen LogP contribution in [0, 0.1) is 23.6 Å². The first-order chi connectivity index (χ1) is 17.5. The summed E-state index contributed by atoms with van der Waals surface area (Å²) in [4.78, 5) is 41.3. The van der Waals surface area contributed by atoms with E-state index >= 15 is 0 Å². The molecule has 0 bridgehead atoms. The minimum Gasteiger partial charge on any atom is -0.368 e. The number of nitrogens with zero attached hydrogens (tertiary/aromatic N) is 2. The van der Waals surface area contributed by atoms with Crippen molar-refractivity contribution >= 4 is 11.6 Å². The number of amides is 1. The highest BCUT2D eigenvalue weighted by molar-refractivity contribution is 5.76. The molecule has 1 amide bonds. The molecule has 2 heterocycles. The second kappa shape index (κ2) is 10.8. The summed E-state index contributed by atoms with van der Waals surface area (Å²) in [6, 6.07) is 6.56. The first kappa shape index (κ1) is 25.6. The van der Waals surface area contributed by atoms with Gasteiger partial charge in [0.15, 0.2) is 0 Å². The Morgan fingerprint density at radius 2 is 1.64 bits per heavy atom. The summed E-state index contributed by atoms with van der Waals surface area (Å²) in [7, 11) is 0. The third-order valence-corrected chi connectivity index (χ3v) is 8.61. The van der Waals surface area contributed by atoms with Gasteiger partial charge in [0.05, 0.1) is 0 Å². The average molecular weight is 503 g/mol. The van der Waals surface area contributed by atoms with E-state index in [-0.39, 0.29) is 23.6 Å². The number of halogens is 1. The summed E-state index contributed by atoms with van der Waals surface area (Å²) in [5.74, 6) is -1.23. The van der Waals surface area contributed by atoms with Gasteiger partial charge < -0.3 is 9.80 Å². The van der Waals surface area contributed by atoms with E-state index in [2.05, 4.69) is 30.9 Å². The molecule has 0 radical (unpaired) electrons. The lowest BCUT2D eigenvalue weighted by molar-refractivity contribution is -0.673. The van der Waals surface area contributed by atoms with Crippen LogP contribution >= 0.6 is 0 Å². The topological polar surface area (TPSA) is 60.5 Å². The van der Waals surface area contributed by atoms with Gasteiger partial charge in [0.25, 0.3) is 0 Å². The van der Waals surface area contributed by atoms with Crippen molar-refractivity contribution < 1.29 is 28.7 Å². The fourth-order valence-corrected chi connectivity index (χ4v) is 6.18. The lowest BCUT2D eigenvalue weighted by atomic mass is 9.77. The van der Waals surface area contributed by atoms with Gasteiger partial charge in [0, 0.05) is 63.0 Å². The Hall–Kier alpha value is -2.00. The van der Waals surface area contributed by atoms with E-state index in [4.69, 9.17) is 19.6 Å². The highest BCUT2D eigenvalue weighted by atomic mass is 19.1. The van der Waals surface area contributed by atoms with Crippen molar-refractivity contribution in [2.45, 2.75) is 76.8 Å². The largest absolute Gasteiger partial charge is 0.368 e. The van der Waals surface area contributed by atoms with Gasteiger partial charge in [-0.1, -0.05) is 26.0 Å². The fraction of sp³-hybridized carbons (Fsp3) is 0.679. The molecular weight excluding hydrogens is 463 g/mol.